The van der Waals surface area contributed by atoms with Crippen LogP contribution in [0.3, 0.4) is 0 Å². The molecule has 0 fully saturated rings. The predicted molar refractivity (Wildman–Crippen MR) is 101 cm³/mol. The monoisotopic (exact) mass is 330 g/mol. The summed E-state index contributed by atoms with van der Waals surface area (Å²) in [5, 5.41) is 6.19. The zero-order valence-corrected chi connectivity index (χ0v) is 14.1. The van der Waals surface area contributed by atoms with Crippen LogP contribution < -0.4 is 10.6 Å². The van der Waals surface area contributed by atoms with Crippen LogP contribution in [0.1, 0.15) is 0 Å². The molecule has 0 bridgehead atoms. The Bertz CT molecular complexity index is 1090. The Hall–Kier alpha value is -2.41. The van der Waals surface area contributed by atoms with Crippen LogP contribution in [0.15, 0.2) is 72.8 Å². The van der Waals surface area contributed by atoms with E-state index in [9.17, 15) is 4.57 Å². The molecule has 116 valence electrons. The Morgan fingerprint density at radius 2 is 1.12 bits per heavy atom. The normalized spacial score (nSPS) is 14.7. The Labute approximate surface area is 140 Å². The van der Waals surface area contributed by atoms with E-state index in [1.165, 1.54) is 0 Å². The highest BCUT2D eigenvalue weighted by molar-refractivity contribution is 7.75. The Balaban J connectivity index is 2.07. The van der Waals surface area contributed by atoms with Gasteiger partial charge in [0.2, 0.25) is 0 Å². The van der Waals surface area contributed by atoms with Crippen LogP contribution in [0.25, 0.3) is 32.7 Å². The molecule has 1 heterocycles. The molecule has 0 aromatic heterocycles. The SMILES string of the molecule is COP1(=O)c2ccc3ccccc3c2-c2c1ccc1ccccc21. The van der Waals surface area contributed by atoms with Gasteiger partial charge in [-0.25, -0.2) is 0 Å². The van der Waals surface area contributed by atoms with Crippen LogP contribution in [-0.4, -0.2) is 7.11 Å². The second-order valence-corrected chi connectivity index (χ2v) is 8.53. The average molecular weight is 330 g/mol. The van der Waals surface area contributed by atoms with Gasteiger partial charge in [-0.05, 0) is 33.7 Å². The van der Waals surface area contributed by atoms with Gasteiger partial charge >= 0.3 is 0 Å². The smallest absolute Gasteiger partial charge is 0.262 e. The van der Waals surface area contributed by atoms with Crippen molar-refractivity contribution in [2.45, 2.75) is 0 Å². The topological polar surface area (TPSA) is 26.3 Å². The van der Waals surface area contributed by atoms with E-state index >= 15 is 0 Å². The number of fused-ring (bicyclic) bond motifs is 7. The van der Waals surface area contributed by atoms with E-state index in [1.54, 1.807) is 7.11 Å². The summed E-state index contributed by atoms with van der Waals surface area (Å²) in [5.41, 5.74) is 2.12. The molecule has 0 N–H and O–H groups in total. The van der Waals surface area contributed by atoms with Crippen molar-refractivity contribution >= 4 is 39.5 Å². The maximum Gasteiger partial charge on any atom is 0.262 e. The van der Waals surface area contributed by atoms with Gasteiger partial charge in [-0.15, -0.1) is 0 Å². The van der Waals surface area contributed by atoms with Crippen LogP contribution in [0.4, 0.5) is 0 Å². The second kappa shape index (κ2) is 4.80. The Morgan fingerprint density at radius 1 is 0.667 bits per heavy atom. The summed E-state index contributed by atoms with van der Waals surface area (Å²) in [6, 6.07) is 24.5. The molecule has 4 aromatic rings. The van der Waals surface area contributed by atoms with E-state index in [1.807, 2.05) is 48.5 Å². The summed E-state index contributed by atoms with van der Waals surface area (Å²) in [5.74, 6) is 0. The molecule has 1 aliphatic rings. The minimum atomic E-state index is -3.04. The lowest BCUT2D eigenvalue weighted by atomic mass is 9.94. The summed E-state index contributed by atoms with van der Waals surface area (Å²) in [4.78, 5) is 0. The number of rotatable bonds is 1. The summed E-state index contributed by atoms with van der Waals surface area (Å²) in [7, 11) is -1.49. The minimum absolute atomic E-state index is 0.815. The molecule has 2 nitrogen and oxygen atoms in total. The molecule has 0 amide bonds. The van der Waals surface area contributed by atoms with Crippen molar-refractivity contribution < 1.29 is 9.09 Å². The van der Waals surface area contributed by atoms with Crippen molar-refractivity contribution in [1.29, 1.82) is 0 Å². The van der Waals surface area contributed by atoms with Crippen LogP contribution >= 0.6 is 7.37 Å². The van der Waals surface area contributed by atoms with E-state index in [-0.39, 0.29) is 0 Å². The molecule has 0 aliphatic carbocycles. The molecule has 3 heteroatoms. The summed E-state index contributed by atoms with van der Waals surface area (Å²) in [6.07, 6.45) is 0. The van der Waals surface area contributed by atoms with Crippen LogP contribution in [0.2, 0.25) is 0 Å². The molecular weight excluding hydrogens is 315 g/mol. The van der Waals surface area contributed by atoms with Crippen molar-refractivity contribution in [2.75, 3.05) is 7.11 Å². The fraction of sp³-hybridized carbons (Fsp3) is 0.0476. The summed E-state index contributed by atoms with van der Waals surface area (Å²) < 4.78 is 19.3. The number of hydrogen-bond acceptors (Lipinski definition) is 2. The van der Waals surface area contributed by atoms with E-state index in [0.29, 0.717) is 0 Å². The molecule has 24 heavy (non-hydrogen) atoms. The van der Waals surface area contributed by atoms with Gasteiger partial charge in [0, 0.05) is 28.8 Å². The highest BCUT2D eigenvalue weighted by Crippen LogP contribution is 2.56. The Kier molecular flexibility index (Phi) is 2.79. The van der Waals surface area contributed by atoms with Crippen LogP contribution in [0.5, 0.6) is 0 Å². The van der Waals surface area contributed by atoms with Crippen molar-refractivity contribution in [3.05, 3.63) is 72.8 Å². The quantitative estimate of drug-likeness (QED) is 0.466. The molecule has 0 radical (unpaired) electrons. The van der Waals surface area contributed by atoms with Crippen LogP contribution in [0, 0.1) is 0 Å². The summed E-state index contributed by atoms with van der Waals surface area (Å²) in [6.45, 7) is 0. The average Bonchev–Trinajstić information content (AvgIpc) is 2.92. The Morgan fingerprint density at radius 3 is 1.58 bits per heavy atom. The first-order valence-corrected chi connectivity index (χ1v) is 9.57. The molecule has 5 rings (SSSR count). The van der Waals surface area contributed by atoms with Crippen molar-refractivity contribution in [3.63, 3.8) is 0 Å². The van der Waals surface area contributed by atoms with Gasteiger partial charge < -0.3 is 4.52 Å². The number of hydrogen-bond donors (Lipinski definition) is 0. The molecule has 1 aliphatic heterocycles. The maximum atomic E-state index is 13.7. The van der Waals surface area contributed by atoms with Crippen molar-refractivity contribution in [1.82, 2.24) is 0 Å². The maximum absolute atomic E-state index is 13.7. The van der Waals surface area contributed by atoms with E-state index < -0.39 is 7.37 Å². The molecule has 0 atom stereocenters. The van der Waals surface area contributed by atoms with E-state index in [4.69, 9.17) is 4.52 Å². The molecule has 0 saturated carbocycles. The van der Waals surface area contributed by atoms with Gasteiger partial charge in [-0.2, -0.15) is 0 Å². The minimum Gasteiger partial charge on any atom is -0.325 e. The lowest BCUT2D eigenvalue weighted by Gasteiger charge is -2.12. The van der Waals surface area contributed by atoms with Crippen molar-refractivity contribution in [2.24, 2.45) is 0 Å². The molecule has 0 unspecified atom stereocenters. The second-order valence-electron chi connectivity index (χ2n) is 6.10. The standard InChI is InChI=1S/C21H15O2P/c1-23-24(22)18-12-10-14-6-2-4-8-16(14)20(18)21-17-9-5-3-7-15(17)11-13-19(21)24/h2-13H,1H3. The van der Waals surface area contributed by atoms with Gasteiger partial charge in [-0.3, -0.25) is 4.57 Å². The fourth-order valence-electron chi connectivity index (χ4n) is 3.86. The van der Waals surface area contributed by atoms with Gasteiger partial charge in [0.05, 0.1) is 0 Å². The molecule has 0 saturated heterocycles. The van der Waals surface area contributed by atoms with Gasteiger partial charge in [-0.1, -0.05) is 60.7 Å². The first-order chi connectivity index (χ1) is 11.7. The van der Waals surface area contributed by atoms with E-state index in [0.717, 1.165) is 43.3 Å². The molecular formula is C21H15O2P. The fourth-order valence-corrected chi connectivity index (χ4v) is 6.11. The molecule has 0 spiro atoms. The number of benzene rings is 4. The van der Waals surface area contributed by atoms with Crippen molar-refractivity contribution in [3.8, 4) is 11.1 Å². The first-order valence-electron chi connectivity index (χ1n) is 7.95. The van der Waals surface area contributed by atoms with Gasteiger partial charge in [0.1, 0.15) is 0 Å². The third-order valence-electron chi connectivity index (χ3n) is 4.96. The van der Waals surface area contributed by atoms with Gasteiger partial charge in [0.15, 0.2) is 0 Å². The summed E-state index contributed by atoms with van der Waals surface area (Å²) >= 11 is 0. The lowest BCUT2D eigenvalue weighted by molar-refractivity contribution is 0.413. The zero-order chi connectivity index (χ0) is 16.3. The predicted octanol–water partition coefficient (Wildman–Crippen LogP) is 4.85. The zero-order valence-electron chi connectivity index (χ0n) is 13.2. The third kappa shape index (κ3) is 1.62. The highest BCUT2D eigenvalue weighted by atomic mass is 31.2. The van der Waals surface area contributed by atoms with Gasteiger partial charge in [0.25, 0.3) is 7.37 Å². The third-order valence-corrected chi connectivity index (χ3v) is 7.48. The van der Waals surface area contributed by atoms with Crippen LogP contribution in [-0.2, 0) is 9.09 Å². The molecule has 4 aromatic carbocycles. The first kappa shape index (κ1) is 14.0. The highest BCUT2D eigenvalue weighted by Gasteiger charge is 2.40. The largest absolute Gasteiger partial charge is 0.325 e. The van der Waals surface area contributed by atoms with E-state index in [2.05, 4.69) is 24.3 Å². The lowest BCUT2D eigenvalue weighted by Crippen LogP contribution is -2.11.